The Hall–Kier alpha value is -2.34. The molecule has 3 rings (SSSR count). The topological polar surface area (TPSA) is 58.4 Å². The zero-order chi connectivity index (χ0) is 19.6. The normalized spacial score (nSPS) is 14.1. The second-order valence-electron chi connectivity index (χ2n) is 7.07. The molecule has 0 aliphatic carbocycles. The minimum Gasteiger partial charge on any atom is -0.340 e. The third-order valence-electron chi connectivity index (χ3n) is 5.13. The Morgan fingerprint density at radius 1 is 1.30 bits per heavy atom. The summed E-state index contributed by atoms with van der Waals surface area (Å²) in [5.41, 5.74) is 3.96. The van der Waals surface area contributed by atoms with Crippen molar-refractivity contribution in [3.8, 4) is 0 Å². The summed E-state index contributed by atoms with van der Waals surface area (Å²) in [6.45, 7) is 5.85. The van der Waals surface area contributed by atoms with Gasteiger partial charge in [-0.15, -0.1) is 0 Å². The lowest BCUT2D eigenvalue weighted by atomic mass is 10.1. The van der Waals surface area contributed by atoms with Crippen LogP contribution in [0.3, 0.4) is 0 Å². The van der Waals surface area contributed by atoms with Crippen LogP contribution in [0.2, 0.25) is 5.02 Å². The van der Waals surface area contributed by atoms with E-state index in [9.17, 15) is 9.59 Å². The van der Waals surface area contributed by atoms with Crippen molar-refractivity contribution in [1.29, 1.82) is 0 Å². The summed E-state index contributed by atoms with van der Waals surface area (Å²) in [6.07, 6.45) is 1.38. The summed E-state index contributed by atoms with van der Waals surface area (Å²) in [4.78, 5) is 27.5. The number of carbonyl (C=O) groups excluding carboxylic acids is 2. The maximum absolute atomic E-state index is 12.5. The molecule has 0 N–H and O–H groups in total. The van der Waals surface area contributed by atoms with Crippen molar-refractivity contribution >= 4 is 23.4 Å². The lowest BCUT2D eigenvalue weighted by Crippen LogP contribution is -2.38. The van der Waals surface area contributed by atoms with Crippen LogP contribution in [-0.2, 0) is 22.7 Å². The van der Waals surface area contributed by atoms with Gasteiger partial charge < -0.3 is 9.80 Å². The van der Waals surface area contributed by atoms with E-state index >= 15 is 0 Å². The lowest BCUT2D eigenvalue weighted by Gasteiger charge is -2.21. The summed E-state index contributed by atoms with van der Waals surface area (Å²) < 4.78 is 1.92. The zero-order valence-electron chi connectivity index (χ0n) is 16.0. The van der Waals surface area contributed by atoms with Crippen molar-refractivity contribution in [2.75, 3.05) is 20.1 Å². The van der Waals surface area contributed by atoms with Crippen molar-refractivity contribution in [2.24, 2.45) is 0 Å². The molecule has 1 aliphatic rings. The number of likely N-dealkylation sites (tertiary alicyclic amines) is 1. The van der Waals surface area contributed by atoms with Gasteiger partial charge in [-0.3, -0.25) is 14.3 Å². The fraction of sp³-hybridized carbons (Fsp3) is 0.450. The van der Waals surface area contributed by atoms with Crippen molar-refractivity contribution in [1.82, 2.24) is 19.6 Å². The highest BCUT2D eigenvalue weighted by Gasteiger charge is 2.24. The number of likely N-dealkylation sites (N-methyl/N-ethyl adjacent to an activating group) is 1. The quantitative estimate of drug-likeness (QED) is 0.764. The molecule has 1 saturated heterocycles. The van der Waals surface area contributed by atoms with Crippen LogP contribution < -0.4 is 0 Å². The van der Waals surface area contributed by atoms with Gasteiger partial charge in [0.25, 0.3) is 0 Å². The highest BCUT2D eigenvalue weighted by Crippen LogP contribution is 2.20. The zero-order valence-corrected chi connectivity index (χ0v) is 16.8. The smallest absolute Gasteiger partial charge is 0.242 e. The SMILES string of the molecule is Cc1nn(Cc2ccccc2Cl)c(C)c1CN(C)C(=O)CN1CCCC1=O. The lowest BCUT2D eigenvalue weighted by molar-refractivity contribution is -0.137. The van der Waals surface area contributed by atoms with Gasteiger partial charge in [-0.1, -0.05) is 29.8 Å². The first-order valence-corrected chi connectivity index (χ1v) is 9.52. The number of halogens is 1. The monoisotopic (exact) mass is 388 g/mol. The van der Waals surface area contributed by atoms with Crippen LogP contribution in [-0.4, -0.2) is 51.5 Å². The van der Waals surface area contributed by atoms with Gasteiger partial charge >= 0.3 is 0 Å². The Balaban J connectivity index is 1.69. The van der Waals surface area contributed by atoms with Crippen molar-refractivity contribution < 1.29 is 9.59 Å². The molecule has 27 heavy (non-hydrogen) atoms. The molecule has 2 amide bonds. The number of carbonyl (C=O) groups is 2. The summed E-state index contributed by atoms with van der Waals surface area (Å²) in [5.74, 6) is 0.0135. The summed E-state index contributed by atoms with van der Waals surface area (Å²) in [5, 5.41) is 5.35. The van der Waals surface area contributed by atoms with E-state index in [1.165, 1.54) is 0 Å². The number of aryl methyl sites for hydroxylation is 1. The van der Waals surface area contributed by atoms with E-state index in [0.29, 0.717) is 31.1 Å². The van der Waals surface area contributed by atoms with Gasteiger partial charge in [-0.2, -0.15) is 5.10 Å². The number of aromatic nitrogens is 2. The summed E-state index contributed by atoms with van der Waals surface area (Å²) >= 11 is 6.27. The first-order valence-electron chi connectivity index (χ1n) is 9.15. The van der Waals surface area contributed by atoms with Crippen LogP contribution >= 0.6 is 11.6 Å². The van der Waals surface area contributed by atoms with Crippen LogP contribution in [0.25, 0.3) is 0 Å². The molecule has 2 heterocycles. The average Bonchev–Trinajstić information content (AvgIpc) is 3.15. The molecule has 1 aromatic heterocycles. The van der Waals surface area contributed by atoms with Crippen LogP contribution in [0.1, 0.15) is 35.4 Å². The van der Waals surface area contributed by atoms with Gasteiger partial charge in [0, 0.05) is 42.8 Å². The van der Waals surface area contributed by atoms with Gasteiger partial charge in [-0.05, 0) is 31.9 Å². The average molecular weight is 389 g/mol. The third kappa shape index (κ3) is 4.33. The Bertz CT molecular complexity index is 862. The first-order chi connectivity index (χ1) is 12.9. The molecule has 1 fully saturated rings. The molecule has 144 valence electrons. The number of benzene rings is 1. The van der Waals surface area contributed by atoms with Gasteiger partial charge in [0.2, 0.25) is 11.8 Å². The van der Waals surface area contributed by atoms with E-state index in [0.717, 1.165) is 28.9 Å². The molecule has 0 saturated carbocycles. The molecule has 0 unspecified atom stereocenters. The van der Waals surface area contributed by atoms with Gasteiger partial charge in [0.1, 0.15) is 0 Å². The Morgan fingerprint density at radius 3 is 2.70 bits per heavy atom. The van der Waals surface area contributed by atoms with E-state index in [4.69, 9.17) is 11.6 Å². The second kappa shape index (κ2) is 8.13. The first kappa shape index (κ1) is 19.4. The van der Waals surface area contributed by atoms with Gasteiger partial charge in [-0.25, -0.2) is 0 Å². The fourth-order valence-electron chi connectivity index (χ4n) is 3.39. The number of hydrogen-bond acceptors (Lipinski definition) is 3. The maximum Gasteiger partial charge on any atom is 0.242 e. The summed E-state index contributed by atoms with van der Waals surface area (Å²) in [7, 11) is 1.77. The number of hydrogen-bond donors (Lipinski definition) is 0. The Kier molecular flexibility index (Phi) is 5.85. The van der Waals surface area contributed by atoms with Crippen LogP contribution in [0.4, 0.5) is 0 Å². The highest BCUT2D eigenvalue weighted by molar-refractivity contribution is 6.31. The predicted octanol–water partition coefficient (Wildman–Crippen LogP) is 2.78. The standard InChI is InChI=1S/C20H25ClN4O2/c1-14-17(12-23(3)20(27)13-24-10-6-9-19(24)26)15(2)25(22-14)11-16-7-4-5-8-18(16)21/h4-5,7-8H,6,9-13H2,1-3H3. The van der Waals surface area contributed by atoms with Crippen molar-refractivity contribution in [3.63, 3.8) is 0 Å². The van der Waals surface area contributed by atoms with Crippen molar-refractivity contribution in [3.05, 3.63) is 51.8 Å². The third-order valence-corrected chi connectivity index (χ3v) is 5.50. The Labute approximate surface area is 164 Å². The molecule has 1 aliphatic heterocycles. The van der Waals surface area contributed by atoms with Gasteiger partial charge in [0.05, 0.1) is 18.8 Å². The van der Waals surface area contributed by atoms with E-state index in [1.807, 2.05) is 42.8 Å². The fourth-order valence-corrected chi connectivity index (χ4v) is 3.58. The molecular formula is C20H25ClN4O2. The Morgan fingerprint density at radius 2 is 2.04 bits per heavy atom. The van der Waals surface area contributed by atoms with E-state index in [-0.39, 0.29) is 18.4 Å². The molecule has 0 spiro atoms. The number of rotatable bonds is 6. The predicted molar refractivity (Wildman–Crippen MR) is 105 cm³/mol. The minimum absolute atomic E-state index is 0.0529. The van der Waals surface area contributed by atoms with Crippen LogP contribution in [0.15, 0.2) is 24.3 Å². The number of amides is 2. The molecule has 0 atom stereocenters. The second-order valence-corrected chi connectivity index (χ2v) is 7.47. The number of nitrogens with zero attached hydrogens (tertiary/aromatic N) is 4. The van der Waals surface area contributed by atoms with E-state index in [1.54, 1.807) is 16.8 Å². The molecule has 6 nitrogen and oxygen atoms in total. The van der Waals surface area contributed by atoms with E-state index in [2.05, 4.69) is 5.10 Å². The van der Waals surface area contributed by atoms with E-state index < -0.39 is 0 Å². The largest absolute Gasteiger partial charge is 0.340 e. The highest BCUT2D eigenvalue weighted by atomic mass is 35.5. The molecular weight excluding hydrogens is 364 g/mol. The molecule has 0 bridgehead atoms. The molecule has 0 radical (unpaired) electrons. The summed E-state index contributed by atoms with van der Waals surface area (Å²) in [6, 6.07) is 7.72. The maximum atomic E-state index is 12.5. The molecule has 1 aromatic carbocycles. The van der Waals surface area contributed by atoms with Crippen LogP contribution in [0, 0.1) is 13.8 Å². The molecule has 2 aromatic rings. The van der Waals surface area contributed by atoms with Gasteiger partial charge in [0.15, 0.2) is 0 Å². The molecule has 7 heteroatoms. The minimum atomic E-state index is -0.0529. The van der Waals surface area contributed by atoms with Crippen LogP contribution in [0.5, 0.6) is 0 Å². The van der Waals surface area contributed by atoms with Crippen molar-refractivity contribution in [2.45, 2.75) is 39.8 Å².